The molecular formula is C28H29Cl3N2O2S. The third kappa shape index (κ3) is 8.45. The lowest BCUT2D eigenvalue weighted by atomic mass is 10.0. The van der Waals surface area contributed by atoms with Crippen LogP contribution >= 0.6 is 46.6 Å². The average molecular weight is 564 g/mol. The van der Waals surface area contributed by atoms with Gasteiger partial charge in [-0.1, -0.05) is 83.3 Å². The Morgan fingerprint density at radius 3 is 2.11 bits per heavy atom. The van der Waals surface area contributed by atoms with Crippen molar-refractivity contribution in [3.8, 4) is 0 Å². The van der Waals surface area contributed by atoms with Gasteiger partial charge in [0.25, 0.3) is 0 Å². The molecule has 3 rings (SSSR count). The lowest BCUT2D eigenvalue weighted by Crippen LogP contribution is -2.52. The van der Waals surface area contributed by atoms with Crippen molar-refractivity contribution < 1.29 is 9.59 Å². The summed E-state index contributed by atoms with van der Waals surface area (Å²) in [6, 6.07) is 21.6. The molecule has 3 aromatic rings. The molecule has 0 heterocycles. The molecule has 0 aliphatic rings. The monoisotopic (exact) mass is 562 g/mol. The Kier molecular flexibility index (Phi) is 11.0. The maximum absolute atomic E-state index is 13.7. The molecule has 0 spiro atoms. The van der Waals surface area contributed by atoms with E-state index in [1.807, 2.05) is 68.4 Å². The van der Waals surface area contributed by atoms with E-state index < -0.39 is 6.04 Å². The minimum absolute atomic E-state index is 0.0732. The van der Waals surface area contributed by atoms with Gasteiger partial charge in [0, 0.05) is 45.4 Å². The summed E-state index contributed by atoms with van der Waals surface area (Å²) in [6.45, 7) is 3.93. The van der Waals surface area contributed by atoms with Crippen LogP contribution in [0.5, 0.6) is 0 Å². The van der Waals surface area contributed by atoms with E-state index in [1.165, 1.54) is 11.8 Å². The molecule has 1 atom stereocenters. The lowest BCUT2D eigenvalue weighted by Gasteiger charge is -2.32. The number of amides is 2. The standard InChI is InChI=1S/C28H29Cl3N2O2S/c1-19(2)32-28(35)26(15-20-7-4-3-5-8-20)33(16-23-24(30)9-6-10-25(23)31)27(34)18-36-17-21-11-13-22(29)14-12-21/h3-14,19,26H,15-18H2,1-2H3,(H,32,35). The molecule has 4 nitrogen and oxygen atoms in total. The molecule has 1 N–H and O–H groups in total. The van der Waals surface area contributed by atoms with E-state index >= 15 is 0 Å². The Bertz CT molecular complexity index is 1140. The summed E-state index contributed by atoms with van der Waals surface area (Å²) in [4.78, 5) is 28.7. The number of nitrogens with zero attached hydrogens (tertiary/aromatic N) is 1. The van der Waals surface area contributed by atoms with Gasteiger partial charge in [0.1, 0.15) is 6.04 Å². The zero-order chi connectivity index (χ0) is 26.1. The fourth-order valence-corrected chi connectivity index (χ4v) is 5.22. The minimum Gasteiger partial charge on any atom is -0.352 e. The van der Waals surface area contributed by atoms with Gasteiger partial charge in [0.15, 0.2) is 0 Å². The van der Waals surface area contributed by atoms with Crippen molar-refractivity contribution in [3.05, 3.63) is 105 Å². The quantitative estimate of drug-likeness (QED) is 0.272. The Hall–Kier alpha value is -2.18. The molecule has 0 saturated carbocycles. The molecule has 0 aliphatic heterocycles. The number of hydrogen-bond acceptors (Lipinski definition) is 3. The van der Waals surface area contributed by atoms with Gasteiger partial charge in [-0.2, -0.15) is 0 Å². The van der Waals surface area contributed by atoms with Crippen molar-refractivity contribution in [3.63, 3.8) is 0 Å². The Morgan fingerprint density at radius 1 is 0.861 bits per heavy atom. The van der Waals surface area contributed by atoms with Crippen LogP contribution in [0.15, 0.2) is 72.8 Å². The third-order valence-corrected chi connectivity index (χ3v) is 7.45. The lowest BCUT2D eigenvalue weighted by molar-refractivity contribution is -0.139. The number of carbonyl (C=O) groups excluding carboxylic acids is 2. The second-order valence-electron chi connectivity index (χ2n) is 8.71. The van der Waals surface area contributed by atoms with Crippen LogP contribution in [0, 0.1) is 0 Å². The Labute approximate surface area is 232 Å². The highest BCUT2D eigenvalue weighted by Crippen LogP contribution is 2.28. The van der Waals surface area contributed by atoms with Crippen molar-refractivity contribution in [2.45, 2.75) is 44.6 Å². The van der Waals surface area contributed by atoms with E-state index in [9.17, 15) is 9.59 Å². The van der Waals surface area contributed by atoms with E-state index in [1.54, 1.807) is 23.1 Å². The van der Waals surface area contributed by atoms with Crippen LogP contribution in [0.25, 0.3) is 0 Å². The van der Waals surface area contributed by atoms with E-state index in [4.69, 9.17) is 34.8 Å². The molecule has 0 saturated heterocycles. The molecule has 8 heteroatoms. The number of hydrogen-bond donors (Lipinski definition) is 1. The summed E-state index contributed by atoms with van der Waals surface area (Å²) in [5, 5.41) is 4.56. The molecule has 0 aromatic heterocycles. The molecule has 0 fully saturated rings. The van der Waals surface area contributed by atoms with E-state index in [-0.39, 0.29) is 30.2 Å². The molecule has 36 heavy (non-hydrogen) atoms. The average Bonchev–Trinajstić information content (AvgIpc) is 2.84. The maximum atomic E-state index is 13.7. The first-order valence-corrected chi connectivity index (χ1v) is 13.9. The van der Waals surface area contributed by atoms with Gasteiger partial charge in [-0.05, 0) is 49.2 Å². The topological polar surface area (TPSA) is 49.4 Å². The first-order chi connectivity index (χ1) is 17.2. The number of carbonyl (C=O) groups is 2. The first kappa shape index (κ1) is 28.4. The highest BCUT2D eigenvalue weighted by Gasteiger charge is 2.31. The second-order valence-corrected chi connectivity index (χ2v) is 10.9. The normalized spacial score (nSPS) is 11.8. The highest BCUT2D eigenvalue weighted by atomic mass is 35.5. The molecule has 2 amide bonds. The number of nitrogens with one attached hydrogen (secondary N) is 1. The fourth-order valence-electron chi connectivity index (χ4n) is 3.71. The molecular weight excluding hydrogens is 535 g/mol. The van der Waals surface area contributed by atoms with Gasteiger partial charge in [-0.25, -0.2) is 0 Å². The summed E-state index contributed by atoms with van der Waals surface area (Å²) >= 11 is 20.4. The van der Waals surface area contributed by atoms with Crippen molar-refractivity contribution in [2.24, 2.45) is 0 Å². The van der Waals surface area contributed by atoms with Crippen LogP contribution < -0.4 is 5.32 Å². The van der Waals surface area contributed by atoms with Crippen molar-refractivity contribution in [1.82, 2.24) is 10.2 Å². The van der Waals surface area contributed by atoms with Crippen molar-refractivity contribution >= 4 is 58.4 Å². The van der Waals surface area contributed by atoms with Gasteiger partial charge in [0.2, 0.25) is 11.8 Å². The predicted octanol–water partition coefficient (Wildman–Crippen LogP) is 7.04. The van der Waals surface area contributed by atoms with E-state index in [0.29, 0.717) is 32.8 Å². The van der Waals surface area contributed by atoms with Gasteiger partial charge in [-0.3, -0.25) is 9.59 Å². The van der Waals surface area contributed by atoms with Gasteiger partial charge >= 0.3 is 0 Å². The summed E-state index contributed by atoms with van der Waals surface area (Å²) < 4.78 is 0. The smallest absolute Gasteiger partial charge is 0.243 e. The Morgan fingerprint density at radius 2 is 1.50 bits per heavy atom. The molecule has 0 bridgehead atoms. The van der Waals surface area contributed by atoms with Gasteiger partial charge in [0.05, 0.1) is 5.75 Å². The van der Waals surface area contributed by atoms with E-state index in [0.717, 1.165) is 11.1 Å². The van der Waals surface area contributed by atoms with Crippen LogP contribution in [0.3, 0.4) is 0 Å². The molecule has 1 unspecified atom stereocenters. The van der Waals surface area contributed by atoms with Crippen molar-refractivity contribution in [1.29, 1.82) is 0 Å². The van der Waals surface area contributed by atoms with Crippen LogP contribution in [0.4, 0.5) is 0 Å². The summed E-state index contributed by atoms with van der Waals surface area (Å²) in [6.07, 6.45) is 0.370. The summed E-state index contributed by atoms with van der Waals surface area (Å²) in [5.41, 5.74) is 2.64. The van der Waals surface area contributed by atoms with Crippen LogP contribution in [0.1, 0.15) is 30.5 Å². The summed E-state index contributed by atoms with van der Waals surface area (Å²) in [7, 11) is 0. The SMILES string of the molecule is CC(C)NC(=O)C(Cc1ccccc1)N(Cc1c(Cl)cccc1Cl)C(=O)CSCc1ccc(Cl)cc1. The van der Waals surface area contributed by atoms with Crippen LogP contribution in [0.2, 0.25) is 15.1 Å². The number of halogens is 3. The molecule has 3 aromatic carbocycles. The van der Waals surface area contributed by atoms with E-state index in [2.05, 4.69) is 5.32 Å². The van der Waals surface area contributed by atoms with Gasteiger partial charge in [-0.15, -0.1) is 11.8 Å². The second kappa shape index (κ2) is 13.9. The van der Waals surface area contributed by atoms with Crippen LogP contribution in [-0.2, 0) is 28.3 Å². The van der Waals surface area contributed by atoms with Gasteiger partial charge < -0.3 is 10.2 Å². The minimum atomic E-state index is -0.731. The maximum Gasteiger partial charge on any atom is 0.243 e. The largest absolute Gasteiger partial charge is 0.352 e. The number of rotatable bonds is 11. The molecule has 0 aliphatic carbocycles. The third-order valence-electron chi connectivity index (χ3n) is 5.50. The first-order valence-electron chi connectivity index (χ1n) is 11.6. The Balaban J connectivity index is 1.89. The summed E-state index contributed by atoms with van der Waals surface area (Å²) in [5.74, 6) is 0.466. The zero-order valence-electron chi connectivity index (χ0n) is 20.2. The fraction of sp³-hybridized carbons (Fsp3) is 0.286. The van der Waals surface area contributed by atoms with Crippen LogP contribution in [-0.4, -0.2) is 34.6 Å². The number of benzene rings is 3. The number of thioether (sulfide) groups is 1. The molecule has 190 valence electrons. The molecule has 0 radical (unpaired) electrons. The van der Waals surface area contributed by atoms with Crippen molar-refractivity contribution in [2.75, 3.05) is 5.75 Å². The predicted molar refractivity (Wildman–Crippen MR) is 152 cm³/mol. The zero-order valence-corrected chi connectivity index (χ0v) is 23.3. The highest BCUT2D eigenvalue weighted by molar-refractivity contribution is 7.99.